The zero-order valence-corrected chi connectivity index (χ0v) is 24.9. The Morgan fingerprint density at radius 2 is 0.932 bits per heavy atom. The van der Waals surface area contributed by atoms with Gasteiger partial charge in [0.25, 0.3) is 0 Å². The van der Waals surface area contributed by atoms with Crippen molar-refractivity contribution in [2.24, 2.45) is 0 Å². The van der Waals surface area contributed by atoms with E-state index in [1.807, 2.05) is 22.7 Å². The summed E-state index contributed by atoms with van der Waals surface area (Å²) in [5, 5.41) is 17.3. The molecule has 0 fully saturated rings. The Balaban J connectivity index is 1.31. The topological polar surface area (TPSA) is 35.6 Å². The molecule has 6 heteroatoms. The Labute approximate surface area is 259 Å². The van der Waals surface area contributed by atoms with Gasteiger partial charge >= 0.3 is 0 Å². The first-order chi connectivity index (χ1) is 21.8. The lowest BCUT2D eigenvalue weighted by Crippen LogP contribution is -2.06. The van der Waals surface area contributed by atoms with Crippen LogP contribution in [-0.2, 0) is 0 Å². The number of thiophene rings is 2. The lowest BCUT2D eigenvalue weighted by atomic mass is 10.1. The number of fused-ring (bicyclic) bond motifs is 9. The largest absolute Gasteiger partial charge is 0.278 e. The molecule has 10 aromatic rings. The van der Waals surface area contributed by atoms with Gasteiger partial charge < -0.3 is 0 Å². The maximum Gasteiger partial charge on any atom is 0.241 e. The summed E-state index contributed by atoms with van der Waals surface area (Å²) >= 11 is 3.66. The average Bonchev–Trinajstić information content (AvgIpc) is 3.84. The fraction of sp³-hybridized carbons (Fsp3) is 0. The monoisotopic (exact) mass is 598 g/mol. The summed E-state index contributed by atoms with van der Waals surface area (Å²) in [5.74, 6) is 1.59. The van der Waals surface area contributed by atoms with E-state index < -0.39 is 0 Å². The fourth-order valence-electron chi connectivity index (χ4n) is 6.70. The van der Waals surface area contributed by atoms with Gasteiger partial charge in [-0.1, -0.05) is 72.8 Å². The summed E-state index contributed by atoms with van der Waals surface area (Å²) in [4.78, 5) is 0. The highest BCUT2D eigenvalue weighted by Gasteiger charge is 2.22. The molecule has 0 saturated heterocycles. The predicted octanol–water partition coefficient (Wildman–Crippen LogP) is 10.8. The molecule has 0 saturated carbocycles. The minimum absolute atomic E-state index is 0.770. The maximum atomic E-state index is 4.95. The molecule has 0 unspecified atom stereocenters. The lowest BCUT2D eigenvalue weighted by molar-refractivity contribution is 0.934. The van der Waals surface area contributed by atoms with Crippen LogP contribution in [0, 0.1) is 0 Å². The van der Waals surface area contributed by atoms with Crippen LogP contribution in [0.5, 0.6) is 0 Å². The van der Waals surface area contributed by atoms with Gasteiger partial charge in [-0.2, -0.15) is 0 Å². The number of hydrogen-bond acceptors (Lipinski definition) is 4. The molecular formula is C38H22N4S2. The molecule has 44 heavy (non-hydrogen) atoms. The van der Waals surface area contributed by atoms with Crippen LogP contribution in [0.4, 0.5) is 0 Å². The Morgan fingerprint density at radius 3 is 1.59 bits per heavy atom. The molecule has 0 atom stereocenters. The SMILES string of the molecule is c1ccc2c(c1)sc1ccc(-c3nnc(-n4c5ccccc5c5ccccc54)n3-c3ccc4sc5ccccc5c4c3)cc12. The Morgan fingerprint density at radius 1 is 0.409 bits per heavy atom. The minimum Gasteiger partial charge on any atom is -0.278 e. The van der Waals surface area contributed by atoms with Crippen LogP contribution < -0.4 is 0 Å². The number of para-hydroxylation sites is 2. The van der Waals surface area contributed by atoms with Crippen molar-refractivity contribution in [3.8, 4) is 23.0 Å². The quantitative estimate of drug-likeness (QED) is 0.203. The molecule has 0 aliphatic heterocycles. The van der Waals surface area contributed by atoms with Gasteiger partial charge in [0.05, 0.1) is 16.7 Å². The third kappa shape index (κ3) is 3.38. The molecule has 0 amide bonds. The second-order valence-corrected chi connectivity index (χ2v) is 13.3. The molecule has 0 aliphatic carbocycles. The van der Waals surface area contributed by atoms with Gasteiger partial charge in [-0.05, 0) is 60.7 Å². The first kappa shape index (κ1) is 24.2. The fourth-order valence-corrected chi connectivity index (χ4v) is 8.87. The Bertz CT molecular complexity index is 2690. The van der Waals surface area contributed by atoms with E-state index in [1.165, 1.54) is 51.1 Å². The lowest BCUT2D eigenvalue weighted by Gasteiger charge is -2.13. The van der Waals surface area contributed by atoms with Crippen LogP contribution in [0.2, 0.25) is 0 Å². The first-order valence-corrected chi connectivity index (χ1v) is 16.2. The molecule has 206 valence electrons. The van der Waals surface area contributed by atoms with E-state index >= 15 is 0 Å². The highest BCUT2D eigenvalue weighted by Crippen LogP contribution is 2.40. The number of nitrogens with zero attached hydrogens (tertiary/aromatic N) is 4. The van der Waals surface area contributed by atoms with Crippen molar-refractivity contribution in [3.05, 3.63) is 133 Å². The van der Waals surface area contributed by atoms with Gasteiger partial charge in [-0.15, -0.1) is 32.9 Å². The van der Waals surface area contributed by atoms with E-state index in [2.05, 4.69) is 143 Å². The van der Waals surface area contributed by atoms with E-state index in [1.54, 1.807) is 0 Å². The summed E-state index contributed by atoms with van der Waals surface area (Å²) in [6.07, 6.45) is 0. The molecule has 0 bridgehead atoms. The second-order valence-electron chi connectivity index (χ2n) is 11.1. The van der Waals surface area contributed by atoms with Crippen LogP contribution in [0.3, 0.4) is 0 Å². The zero-order valence-electron chi connectivity index (χ0n) is 23.3. The van der Waals surface area contributed by atoms with Crippen molar-refractivity contribution in [2.45, 2.75) is 0 Å². The van der Waals surface area contributed by atoms with Crippen LogP contribution >= 0.6 is 22.7 Å². The summed E-state index contributed by atoms with van der Waals surface area (Å²) in [6.45, 7) is 0. The second kappa shape index (κ2) is 9.10. The summed E-state index contributed by atoms with van der Waals surface area (Å²) in [7, 11) is 0. The van der Waals surface area contributed by atoms with Gasteiger partial charge in [0.15, 0.2) is 5.82 Å². The minimum atomic E-state index is 0.770. The van der Waals surface area contributed by atoms with Crippen molar-refractivity contribution in [1.29, 1.82) is 0 Å². The smallest absolute Gasteiger partial charge is 0.241 e. The third-order valence-corrected chi connectivity index (χ3v) is 11.0. The predicted molar refractivity (Wildman–Crippen MR) is 187 cm³/mol. The third-order valence-electron chi connectivity index (χ3n) is 8.68. The van der Waals surface area contributed by atoms with Crippen molar-refractivity contribution in [1.82, 2.24) is 19.3 Å². The Kier molecular flexibility index (Phi) is 5.00. The van der Waals surface area contributed by atoms with Crippen LogP contribution in [0.15, 0.2) is 133 Å². The summed E-state index contributed by atoms with van der Waals surface area (Å²) < 4.78 is 9.63. The van der Waals surface area contributed by atoms with Crippen LogP contribution in [0.1, 0.15) is 0 Å². The first-order valence-electron chi connectivity index (χ1n) is 14.6. The number of hydrogen-bond donors (Lipinski definition) is 0. The molecule has 0 aliphatic rings. The maximum absolute atomic E-state index is 4.95. The summed E-state index contributed by atoms with van der Waals surface area (Å²) in [5.41, 5.74) is 4.29. The highest BCUT2D eigenvalue weighted by molar-refractivity contribution is 7.26. The van der Waals surface area contributed by atoms with Crippen molar-refractivity contribution in [3.63, 3.8) is 0 Å². The standard InChI is InChI=1S/C38H22N4S2/c1-5-13-31-25(9-1)26-10-2-6-14-32(26)42(31)38-40-39-37(23-17-19-35-29(21-23)27-11-3-7-15-33(27)43-35)41(38)24-18-20-36-30(22-24)28-12-4-8-16-34(28)44-36/h1-22H. The molecule has 0 N–H and O–H groups in total. The van der Waals surface area contributed by atoms with E-state index in [0.717, 1.165) is 34.1 Å². The van der Waals surface area contributed by atoms with Gasteiger partial charge in [-0.3, -0.25) is 9.13 Å². The van der Waals surface area contributed by atoms with E-state index in [0.29, 0.717) is 0 Å². The van der Waals surface area contributed by atoms with Gasteiger partial charge in [-0.25, -0.2) is 0 Å². The highest BCUT2D eigenvalue weighted by atomic mass is 32.1. The van der Waals surface area contributed by atoms with E-state index in [4.69, 9.17) is 10.2 Å². The molecule has 0 spiro atoms. The van der Waals surface area contributed by atoms with Crippen LogP contribution in [-0.4, -0.2) is 19.3 Å². The van der Waals surface area contributed by atoms with Gasteiger partial charge in [0.2, 0.25) is 5.95 Å². The number of aromatic nitrogens is 4. The van der Waals surface area contributed by atoms with Gasteiger partial charge in [0.1, 0.15) is 0 Å². The van der Waals surface area contributed by atoms with Crippen molar-refractivity contribution < 1.29 is 0 Å². The molecule has 4 nitrogen and oxygen atoms in total. The molecule has 4 heterocycles. The van der Waals surface area contributed by atoms with Crippen molar-refractivity contribution >= 4 is 84.8 Å². The molecule has 6 aromatic carbocycles. The van der Waals surface area contributed by atoms with Crippen LogP contribution in [0.25, 0.3) is 85.2 Å². The van der Waals surface area contributed by atoms with Gasteiger partial charge in [0, 0.05) is 56.7 Å². The molecule has 10 rings (SSSR count). The number of benzene rings is 6. The molecular weight excluding hydrogens is 577 g/mol. The number of rotatable bonds is 3. The normalized spacial score (nSPS) is 12.1. The molecule has 4 aromatic heterocycles. The Hall–Kier alpha value is -5.30. The van der Waals surface area contributed by atoms with E-state index in [-0.39, 0.29) is 0 Å². The molecule has 0 radical (unpaired) electrons. The zero-order chi connectivity index (χ0) is 28.8. The average molecular weight is 599 g/mol. The van der Waals surface area contributed by atoms with Crippen molar-refractivity contribution in [2.75, 3.05) is 0 Å². The summed E-state index contributed by atoms with van der Waals surface area (Å²) in [6, 6.07) is 47.9. The van der Waals surface area contributed by atoms with E-state index in [9.17, 15) is 0 Å².